The SMILES string of the molecule is Cc1cnc(CCCC[C@@]2(c3ccccn3)CCOC3(CCCC3)C2)cn1. The maximum absolute atomic E-state index is 6.34. The third-order valence-corrected chi connectivity index (χ3v) is 6.55. The molecular weight excluding hydrogens is 334 g/mol. The highest BCUT2D eigenvalue weighted by molar-refractivity contribution is 5.20. The lowest BCUT2D eigenvalue weighted by atomic mass is 9.67. The molecule has 1 aliphatic carbocycles. The average molecular weight is 366 g/mol. The van der Waals surface area contributed by atoms with E-state index < -0.39 is 0 Å². The van der Waals surface area contributed by atoms with E-state index in [1.54, 1.807) is 0 Å². The lowest BCUT2D eigenvalue weighted by Crippen LogP contribution is -2.46. The summed E-state index contributed by atoms with van der Waals surface area (Å²) >= 11 is 0. The molecule has 2 aromatic rings. The summed E-state index contributed by atoms with van der Waals surface area (Å²) in [5, 5.41) is 0. The number of hydrogen-bond acceptors (Lipinski definition) is 4. The molecule has 1 aliphatic heterocycles. The number of aromatic nitrogens is 3. The van der Waals surface area contributed by atoms with Crippen molar-refractivity contribution in [2.24, 2.45) is 0 Å². The number of hydrogen-bond donors (Lipinski definition) is 0. The number of unbranched alkanes of at least 4 members (excludes halogenated alkanes) is 1. The molecule has 27 heavy (non-hydrogen) atoms. The predicted molar refractivity (Wildman–Crippen MR) is 107 cm³/mol. The molecule has 2 aliphatic rings. The first-order valence-electron chi connectivity index (χ1n) is 10.5. The predicted octanol–water partition coefficient (Wildman–Crippen LogP) is 4.95. The van der Waals surface area contributed by atoms with Crippen LogP contribution in [0, 0.1) is 6.92 Å². The van der Waals surface area contributed by atoms with Gasteiger partial charge in [-0.1, -0.05) is 25.3 Å². The van der Waals surface area contributed by atoms with E-state index in [0.29, 0.717) is 0 Å². The molecule has 2 fully saturated rings. The van der Waals surface area contributed by atoms with Crippen LogP contribution in [-0.2, 0) is 16.6 Å². The van der Waals surface area contributed by atoms with Gasteiger partial charge in [-0.15, -0.1) is 0 Å². The zero-order chi connectivity index (χ0) is 18.6. The third-order valence-electron chi connectivity index (χ3n) is 6.55. The Kier molecular flexibility index (Phi) is 5.53. The Labute approximate surface area is 162 Å². The van der Waals surface area contributed by atoms with E-state index in [9.17, 15) is 0 Å². The second kappa shape index (κ2) is 8.05. The summed E-state index contributed by atoms with van der Waals surface area (Å²) in [5.41, 5.74) is 3.64. The first-order chi connectivity index (χ1) is 13.2. The van der Waals surface area contributed by atoms with Crippen molar-refractivity contribution in [3.8, 4) is 0 Å². The van der Waals surface area contributed by atoms with Gasteiger partial charge in [0.1, 0.15) is 0 Å². The summed E-state index contributed by atoms with van der Waals surface area (Å²) in [6.07, 6.45) is 17.6. The Morgan fingerprint density at radius 2 is 1.89 bits per heavy atom. The van der Waals surface area contributed by atoms with Gasteiger partial charge in [0.25, 0.3) is 0 Å². The van der Waals surface area contributed by atoms with Gasteiger partial charge in [0.15, 0.2) is 0 Å². The van der Waals surface area contributed by atoms with Gasteiger partial charge < -0.3 is 4.74 Å². The molecule has 0 N–H and O–H groups in total. The van der Waals surface area contributed by atoms with Crippen molar-refractivity contribution in [1.29, 1.82) is 0 Å². The Morgan fingerprint density at radius 3 is 2.63 bits per heavy atom. The maximum Gasteiger partial charge on any atom is 0.0691 e. The lowest BCUT2D eigenvalue weighted by molar-refractivity contribution is -0.104. The molecule has 4 nitrogen and oxygen atoms in total. The van der Waals surface area contributed by atoms with Crippen molar-refractivity contribution >= 4 is 0 Å². The molecule has 0 radical (unpaired) electrons. The molecule has 1 saturated carbocycles. The van der Waals surface area contributed by atoms with Crippen molar-refractivity contribution < 1.29 is 4.74 Å². The molecule has 4 rings (SSSR count). The van der Waals surface area contributed by atoms with Gasteiger partial charge in [-0.05, 0) is 64.0 Å². The van der Waals surface area contributed by atoms with Crippen LogP contribution in [0.1, 0.15) is 74.9 Å². The number of nitrogens with zero attached hydrogens (tertiary/aromatic N) is 3. The van der Waals surface area contributed by atoms with E-state index in [0.717, 1.165) is 43.7 Å². The van der Waals surface area contributed by atoms with Gasteiger partial charge in [-0.25, -0.2) is 0 Å². The zero-order valence-corrected chi connectivity index (χ0v) is 16.5. The molecule has 0 aromatic carbocycles. The number of rotatable bonds is 6. The topological polar surface area (TPSA) is 47.9 Å². The van der Waals surface area contributed by atoms with Crippen LogP contribution in [0.25, 0.3) is 0 Å². The molecule has 3 heterocycles. The largest absolute Gasteiger partial charge is 0.375 e. The van der Waals surface area contributed by atoms with Crippen LogP contribution in [0.3, 0.4) is 0 Å². The van der Waals surface area contributed by atoms with Gasteiger partial charge in [-0.3, -0.25) is 15.0 Å². The van der Waals surface area contributed by atoms with Gasteiger partial charge in [0, 0.05) is 36.3 Å². The van der Waals surface area contributed by atoms with Gasteiger partial charge in [0.05, 0.1) is 17.0 Å². The minimum absolute atomic E-state index is 0.109. The van der Waals surface area contributed by atoms with Crippen LogP contribution >= 0.6 is 0 Å². The summed E-state index contributed by atoms with van der Waals surface area (Å²) in [4.78, 5) is 13.7. The van der Waals surface area contributed by atoms with Crippen molar-refractivity contribution in [3.05, 3.63) is 53.9 Å². The van der Waals surface area contributed by atoms with Crippen molar-refractivity contribution in [2.45, 2.75) is 82.1 Å². The fourth-order valence-corrected chi connectivity index (χ4v) is 5.11. The van der Waals surface area contributed by atoms with Crippen LogP contribution in [0.4, 0.5) is 0 Å². The molecule has 1 spiro atoms. The number of pyridine rings is 1. The highest BCUT2D eigenvalue weighted by Crippen LogP contribution is 2.50. The minimum Gasteiger partial charge on any atom is -0.375 e. The molecule has 4 heteroatoms. The molecule has 0 unspecified atom stereocenters. The van der Waals surface area contributed by atoms with E-state index in [1.165, 1.54) is 44.2 Å². The van der Waals surface area contributed by atoms with Gasteiger partial charge >= 0.3 is 0 Å². The summed E-state index contributed by atoms with van der Waals surface area (Å²) in [6, 6.07) is 6.40. The maximum atomic E-state index is 6.34. The Balaban J connectivity index is 1.45. The Hall–Kier alpha value is -1.81. The van der Waals surface area contributed by atoms with Crippen LogP contribution in [-0.4, -0.2) is 27.2 Å². The van der Waals surface area contributed by atoms with E-state index in [1.807, 2.05) is 31.6 Å². The zero-order valence-electron chi connectivity index (χ0n) is 16.5. The molecule has 1 saturated heterocycles. The van der Waals surface area contributed by atoms with Crippen LogP contribution < -0.4 is 0 Å². The fourth-order valence-electron chi connectivity index (χ4n) is 5.11. The van der Waals surface area contributed by atoms with Crippen molar-refractivity contribution in [2.75, 3.05) is 6.61 Å². The van der Waals surface area contributed by atoms with E-state index in [4.69, 9.17) is 9.72 Å². The first kappa shape index (κ1) is 18.5. The van der Waals surface area contributed by atoms with E-state index in [-0.39, 0.29) is 11.0 Å². The normalized spacial score (nSPS) is 24.3. The molecule has 0 amide bonds. The molecule has 1 atom stereocenters. The summed E-state index contributed by atoms with van der Waals surface area (Å²) in [6.45, 7) is 2.86. The summed E-state index contributed by atoms with van der Waals surface area (Å²) in [5.74, 6) is 0. The first-order valence-corrected chi connectivity index (χ1v) is 10.5. The third kappa shape index (κ3) is 4.21. The standard InChI is InChI=1S/C23H31N3O/c1-19-16-26-20(17-25-19)8-2-4-10-22(21-9-3-7-14-24-21)13-15-27-23(18-22)11-5-6-12-23/h3,7,9,14,16-17H,2,4-6,8,10-13,15,18H2,1H3/t22-/m1/s1. The second-order valence-corrected chi connectivity index (χ2v) is 8.52. The van der Waals surface area contributed by atoms with Crippen LogP contribution in [0.15, 0.2) is 36.8 Å². The minimum atomic E-state index is 0.109. The second-order valence-electron chi connectivity index (χ2n) is 8.52. The van der Waals surface area contributed by atoms with Crippen molar-refractivity contribution in [1.82, 2.24) is 15.0 Å². The molecule has 0 bridgehead atoms. The number of ether oxygens (including phenoxy) is 1. The highest BCUT2D eigenvalue weighted by Gasteiger charge is 2.48. The fraction of sp³-hybridized carbons (Fsp3) is 0.609. The Bertz CT molecular complexity index is 725. The quantitative estimate of drug-likeness (QED) is 0.679. The van der Waals surface area contributed by atoms with E-state index >= 15 is 0 Å². The smallest absolute Gasteiger partial charge is 0.0691 e. The van der Waals surface area contributed by atoms with Crippen LogP contribution in [0.2, 0.25) is 0 Å². The summed E-state index contributed by atoms with van der Waals surface area (Å²) < 4.78 is 6.34. The highest BCUT2D eigenvalue weighted by atomic mass is 16.5. The molecule has 2 aromatic heterocycles. The average Bonchev–Trinajstić information content (AvgIpc) is 3.15. The molecular formula is C23H31N3O. The van der Waals surface area contributed by atoms with Crippen molar-refractivity contribution in [3.63, 3.8) is 0 Å². The van der Waals surface area contributed by atoms with Gasteiger partial charge in [0.2, 0.25) is 0 Å². The number of aryl methyl sites for hydroxylation is 2. The Morgan fingerprint density at radius 1 is 1.00 bits per heavy atom. The van der Waals surface area contributed by atoms with Crippen LogP contribution in [0.5, 0.6) is 0 Å². The summed E-state index contributed by atoms with van der Waals surface area (Å²) in [7, 11) is 0. The molecule has 144 valence electrons. The van der Waals surface area contributed by atoms with E-state index in [2.05, 4.69) is 22.1 Å². The van der Waals surface area contributed by atoms with Gasteiger partial charge in [-0.2, -0.15) is 0 Å². The lowest BCUT2D eigenvalue weighted by Gasteiger charge is -2.46. The monoisotopic (exact) mass is 365 g/mol.